The molecule has 0 spiro atoms. The summed E-state index contributed by atoms with van der Waals surface area (Å²) in [4.78, 5) is 74.8. The number of ether oxygens (including phenoxy) is 3. The first kappa shape index (κ1) is 30.9. The number of carbonyl (C=O) groups is 3. The summed E-state index contributed by atoms with van der Waals surface area (Å²) in [5, 5.41) is 0. The zero-order valence-electron chi connectivity index (χ0n) is 21.6. The topological polar surface area (TPSA) is 145 Å². The van der Waals surface area contributed by atoms with Crippen LogP contribution in [0.4, 0.5) is 0 Å². The van der Waals surface area contributed by atoms with E-state index in [1.54, 1.807) is 0 Å². The maximum atomic E-state index is 12.9. The molecule has 0 aliphatic carbocycles. The highest BCUT2D eigenvalue weighted by Crippen LogP contribution is 1.97. The molecule has 0 radical (unpaired) electrons. The Hall–Kier alpha value is -3.18. The minimum Gasteiger partial charge on any atom is -0.466 e. The van der Waals surface area contributed by atoms with Gasteiger partial charge in [-0.3, -0.25) is 14.4 Å². The van der Waals surface area contributed by atoms with E-state index in [0.717, 1.165) is 33.0 Å². The standard InChI is InChI=1S/C24H39N3O9/c1-4-7-16-34-19(28)10-13-25-22(31)26(14-11-20(29)35-17-8-5-2)24(33)27(23(25)32)15-12-21(30)36-18-9-6-3/h4-18H2,1-3H3. The number of unbranched alkanes of at least 4 members (excludes halogenated alkanes) is 3. The van der Waals surface area contributed by atoms with Crippen molar-refractivity contribution in [3.05, 3.63) is 31.5 Å². The second kappa shape index (κ2) is 17.3. The highest BCUT2D eigenvalue weighted by atomic mass is 16.5. The van der Waals surface area contributed by atoms with Crippen LogP contribution in [-0.4, -0.2) is 51.4 Å². The van der Waals surface area contributed by atoms with E-state index < -0.39 is 35.0 Å². The van der Waals surface area contributed by atoms with E-state index in [4.69, 9.17) is 14.2 Å². The first-order valence-electron chi connectivity index (χ1n) is 12.7. The Labute approximate surface area is 210 Å². The summed E-state index contributed by atoms with van der Waals surface area (Å²) in [6, 6.07) is 0. The van der Waals surface area contributed by atoms with Crippen LogP contribution in [0.5, 0.6) is 0 Å². The lowest BCUT2D eigenvalue weighted by Gasteiger charge is -2.14. The summed E-state index contributed by atoms with van der Waals surface area (Å²) in [5.41, 5.74) is -2.85. The van der Waals surface area contributed by atoms with Gasteiger partial charge in [0.25, 0.3) is 0 Å². The molecule has 0 aliphatic heterocycles. The van der Waals surface area contributed by atoms with E-state index in [2.05, 4.69) is 0 Å². The van der Waals surface area contributed by atoms with E-state index >= 15 is 0 Å². The van der Waals surface area contributed by atoms with Gasteiger partial charge in [-0.15, -0.1) is 0 Å². The van der Waals surface area contributed by atoms with Crippen molar-refractivity contribution in [3.8, 4) is 0 Å². The average Bonchev–Trinajstić information content (AvgIpc) is 2.84. The summed E-state index contributed by atoms with van der Waals surface area (Å²) in [6.45, 7) is 5.58. The van der Waals surface area contributed by atoms with Crippen molar-refractivity contribution in [2.75, 3.05) is 19.8 Å². The molecule has 0 N–H and O–H groups in total. The monoisotopic (exact) mass is 513 g/mol. The van der Waals surface area contributed by atoms with Gasteiger partial charge in [-0.1, -0.05) is 40.0 Å². The zero-order valence-corrected chi connectivity index (χ0v) is 21.6. The fourth-order valence-corrected chi connectivity index (χ4v) is 3.07. The summed E-state index contributed by atoms with van der Waals surface area (Å²) in [5.74, 6) is -1.76. The molecule has 0 atom stereocenters. The SMILES string of the molecule is CCCCOC(=O)CCn1c(=O)n(CCC(=O)OCCCC)c(=O)n(CCC(=O)OCCCC)c1=O. The largest absolute Gasteiger partial charge is 0.466 e. The van der Waals surface area contributed by atoms with E-state index in [9.17, 15) is 28.8 Å². The number of aromatic nitrogens is 3. The Morgan fingerprint density at radius 3 is 1.00 bits per heavy atom. The third kappa shape index (κ3) is 10.6. The van der Waals surface area contributed by atoms with Crippen LogP contribution >= 0.6 is 0 Å². The molecule has 12 nitrogen and oxygen atoms in total. The Balaban J connectivity index is 3.13. The minimum absolute atomic E-state index is 0.230. The first-order valence-corrected chi connectivity index (χ1v) is 12.7. The summed E-state index contributed by atoms with van der Waals surface area (Å²) in [6.07, 6.45) is 3.81. The molecule has 0 aliphatic rings. The van der Waals surface area contributed by atoms with Crippen molar-refractivity contribution < 1.29 is 28.6 Å². The van der Waals surface area contributed by atoms with Crippen LogP contribution < -0.4 is 17.1 Å². The minimum atomic E-state index is -0.950. The maximum absolute atomic E-state index is 12.9. The molecule has 0 saturated heterocycles. The van der Waals surface area contributed by atoms with Gasteiger partial charge in [-0.2, -0.15) is 0 Å². The smallest absolute Gasteiger partial charge is 0.336 e. The molecule has 0 unspecified atom stereocenters. The summed E-state index contributed by atoms with van der Waals surface area (Å²) >= 11 is 0. The predicted octanol–water partition coefficient (Wildman–Crippen LogP) is 1.37. The van der Waals surface area contributed by atoms with Crippen LogP contribution in [0.3, 0.4) is 0 Å². The molecular weight excluding hydrogens is 474 g/mol. The fraction of sp³-hybridized carbons (Fsp3) is 0.750. The van der Waals surface area contributed by atoms with Crippen molar-refractivity contribution in [2.24, 2.45) is 0 Å². The number of hydrogen-bond acceptors (Lipinski definition) is 9. The van der Waals surface area contributed by atoms with Gasteiger partial charge in [-0.05, 0) is 19.3 Å². The van der Waals surface area contributed by atoms with Gasteiger partial charge in [0.05, 0.1) is 39.1 Å². The van der Waals surface area contributed by atoms with E-state index in [0.29, 0.717) is 19.3 Å². The molecule has 12 heteroatoms. The van der Waals surface area contributed by atoms with Crippen LogP contribution in [0, 0.1) is 0 Å². The van der Waals surface area contributed by atoms with Crippen molar-refractivity contribution in [1.29, 1.82) is 0 Å². The molecule has 0 amide bonds. The van der Waals surface area contributed by atoms with E-state index in [1.807, 2.05) is 20.8 Å². The van der Waals surface area contributed by atoms with Crippen LogP contribution in [-0.2, 0) is 48.2 Å². The molecule has 204 valence electrons. The van der Waals surface area contributed by atoms with Gasteiger partial charge in [-0.25, -0.2) is 28.1 Å². The van der Waals surface area contributed by atoms with Crippen LogP contribution in [0.25, 0.3) is 0 Å². The van der Waals surface area contributed by atoms with Crippen molar-refractivity contribution in [1.82, 2.24) is 13.7 Å². The third-order valence-electron chi connectivity index (χ3n) is 5.29. The van der Waals surface area contributed by atoms with Crippen LogP contribution in [0.1, 0.15) is 78.6 Å². The molecule has 1 aromatic rings. The van der Waals surface area contributed by atoms with Gasteiger partial charge in [0.1, 0.15) is 0 Å². The number of carbonyl (C=O) groups excluding carboxylic acids is 3. The molecule has 0 aromatic carbocycles. The first-order chi connectivity index (χ1) is 17.3. The van der Waals surface area contributed by atoms with E-state index in [1.165, 1.54) is 0 Å². The highest BCUT2D eigenvalue weighted by Gasteiger charge is 2.18. The molecule has 0 fully saturated rings. The van der Waals surface area contributed by atoms with Crippen LogP contribution in [0.15, 0.2) is 14.4 Å². The number of esters is 3. The van der Waals surface area contributed by atoms with Gasteiger partial charge < -0.3 is 14.2 Å². The van der Waals surface area contributed by atoms with Gasteiger partial charge >= 0.3 is 35.0 Å². The Bertz CT molecular complexity index is 864. The lowest BCUT2D eigenvalue weighted by Crippen LogP contribution is -2.55. The van der Waals surface area contributed by atoms with Crippen molar-refractivity contribution in [3.63, 3.8) is 0 Å². The van der Waals surface area contributed by atoms with Gasteiger partial charge in [0.2, 0.25) is 0 Å². The van der Waals surface area contributed by atoms with Crippen molar-refractivity contribution in [2.45, 2.75) is 98.2 Å². The van der Waals surface area contributed by atoms with E-state index in [-0.39, 0.29) is 58.7 Å². The second-order valence-electron chi connectivity index (χ2n) is 8.27. The molecule has 1 rings (SSSR count). The quantitative estimate of drug-likeness (QED) is 0.161. The Morgan fingerprint density at radius 2 is 0.778 bits per heavy atom. The number of nitrogens with zero attached hydrogens (tertiary/aromatic N) is 3. The molecule has 0 bridgehead atoms. The van der Waals surface area contributed by atoms with Crippen LogP contribution in [0.2, 0.25) is 0 Å². The lowest BCUT2D eigenvalue weighted by atomic mass is 10.3. The molecule has 1 heterocycles. The summed E-state index contributed by atoms with van der Waals surface area (Å²) in [7, 11) is 0. The predicted molar refractivity (Wildman–Crippen MR) is 131 cm³/mol. The normalized spacial score (nSPS) is 10.8. The second-order valence-corrected chi connectivity index (χ2v) is 8.27. The summed E-state index contributed by atoms with van der Waals surface area (Å²) < 4.78 is 17.4. The van der Waals surface area contributed by atoms with Gasteiger partial charge in [0, 0.05) is 19.6 Å². The average molecular weight is 514 g/mol. The molecule has 36 heavy (non-hydrogen) atoms. The van der Waals surface area contributed by atoms with Crippen molar-refractivity contribution >= 4 is 17.9 Å². The lowest BCUT2D eigenvalue weighted by molar-refractivity contribution is -0.144. The number of rotatable bonds is 18. The molecule has 1 aromatic heterocycles. The third-order valence-corrected chi connectivity index (χ3v) is 5.29. The zero-order chi connectivity index (χ0) is 26.9. The maximum Gasteiger partial charge on any atom is 0.336 e. The molecular formula is C24H39N3O9. The fourth-order valence-electron chi connectivity index (χ4n) is 3.07. The number of hydrogen-bond donors (Lipinski definition) is 0. The highest BCUT2D eigenvalue weighted by molar-refractivity contribution is 5.69. The molecule has 0 saturated carbocycles. The Kier molecular flexibility index (Phi) is 14.8. The Morgan fingerprint density at radius 1 is 0.528 bits per heavy atom. The van der Waals surface area contributed by atoms with Gasteiger partial charge in [0.15, 0.2) is 0 Å².